The lowest BCUT2D eigenvalue weighted by molar-refractivity contribution is -0.121. The van der Waals surface area contributed by atoms with Crippen molar-refractivity contribution in [2.75, 3.05) is 32.2 Å². The SMILES string of the molecule is COCCOCC(=O)Nc1cc(Br)ccc1Br. The second-order valence-electron chi connectivity index (χ2n) is 3.22. The molecule has 0 fully saturated rings. The van der Waals surface area contributed by atoms with Gasteiger partial charge in [-0.3, -0.25) is 4.79 Å². The van der Waals surface area contributed by atoms with Gasteiger partial charge in [0.1, 0.15) is 6.61 Å². The molecule has 0 atom stereocenters. The van der Waals surface area contributed by atoms with Crippen LogP contribution in [0.5, 0.6) is 0 Å². The highest BCUT2D eigenvalue weighted by Gasteiger charge is 2.06. The Balaban J connectivity index is 2.42. The lowest BCUT2D eigenvalue weighted by Gasteiger charge is -2.08. The van der Waals surface area contributed by atoms with Gasteiger partial charge in [-0.15, -0.1) is 0 Å². The maximum atomic E-state index is 11.5. The Kier molecular flexibility index (Phi) is 6.72. The Bertz CT molecular complexity index is 385. The molecule has 0 radical (unpaired) electrons. The van der Waals surface area contributed by atoms with Crippen LogP contribution in [0.1, 0.15) is 0 Å². The summed E-state index contributed by atoms with van der Waals surface area (Å²) in [6.45, 7) is 0.903. The summed E-state index contributed by atoms with van der Waals surface area (Å²) in [6.07, 6.45) is 0. The molecule has 0 heterocycles. The highest BCUT2D eigenvalue weighted by atomic mass is 79.9. The standard InChI is InChI=1S/C11H13Br2NO3/c1-16-4-5-17-7-11(15)14-10-6-8(12)2-3-9(10)13/h2-3,6H,4-5,7H2,1H3,(H,14,15). The van der Waals surface area contributed by atoms with Crippen LogP contribution in [0.4, 0.5) is 5.69 Å². The number of rotatable bonds is 6. The highest BCUT2D eigenvalue weighted by molar-refractivity contribution is 9.11. The van der Waals surface area contributed by atoms with E-state index >= 15 is 0 Å². The molecule has 17 heavy (non-hydrogen) atoms. The largest absolute Gasteiger partial charge is 0.382 e. The van der Waals surface area contributed by atoms with Crippen molar-refractivity contribution >= 4 is 43.5 Å². The Hall–Kier alpha value is -0.430. The molecule has 0 saturated carbocycles. The quantitative estimate of drug-likeness (QED) is 0.787. The van der Waals surface area contributed by atoms with Gasteiger partial charge in [-0.1, -0.05) is 15.9 Å². The number of carbonyl (C=O) groups is 1. The molecule has 1 amide bonds. The van der Waals surface area contributed by atoms with E-state index in [9.17, 15) is 4.79 Å². The number of nitrogens with one attached hydrogen (secondary N) is 1. The van der Waals surface area contributed by atoms with Crippen LogP contribution in [0.3, 0.4) is 0 Å². The molecule has 1 N–H and O–H groups in total. The zero-order valence-electron chi connectivity index (χ0n) is 9.33. The summed E-state index contributed by atoms with van der Waals surface area (Å²) in [7, 11) is 1.59. The second-order valence-corrected chi connectivity index (χ2v) is 4.99. The minimum absolute atomic E-state index is 0.0162. The van der Waals surface area contributed by atoms with Crippen molar-refractivity contribution in [3.05, 3.63) is 27.1 Å². The van der Waals surface area contributed by atoms with Crippen LogP contribution in [0.25, 0.3) is 0 Å². The third-order valence-corrected chi connectivity index (χ3v) is 3.05. The molecule has 0 aliphatic heterocycles. The van der Waals surface area contributed by atoms with E-state index in [1.807, 2.05) is 18.2 Å². The van der Waals surface area contributed by atoms with E-state index in [0.29, 0.717) is 18.9 Å². The molecule has 4 nitrogen and oxygen atoms in total. The van der Waals surface area contributed by atoms with Crippen molar-refractivity contribution in [2.24, 2.45) is 0 Å². The molecule has 0 spiro atoms. The van der Waals surface area contributed by atoms with Gasteiger partial charge in [-0.2, -0.15) is 0 Å². The van der Waals surface area contributed by atoms with Crippen molar-refractivity contribution in [3.63, 3.8) is 0 Å². The Morgan fingerprint density at radius 2 is 2.12 bits per heavy atom. The average Bonchev–Trinajstić information content (AvgIpc) is 2.29. The van der Waals surface area contributed by atoms with Crippen LogP contribution >= 0.6 is 31.9 Å². The number of methoxy groups -OCH3 is 1. The molecule has 0 aliphatic carbocycles. The van der Waals surface area contributed by atoms with E-state index in [-0.39, 0.29) is 12.5 Å². The molecule has 1 aromatic rings. The summed E-state index contributed by atoms with van der Waals surface area (Å²) in [6, 6.07) is 5.55. The number of halogens is 2. The maximum absolute atomic E-state index is 11.5. The van der Waals surface area contributed by atoms with Crippen LogP contribution in [-0.4, -0.2) is 32.8 Å². The monoisotopic (exact) mass is 365 g/mol. The topological polar surface area (TPSA) is 47.6 Å². The number of ether oxygens (including phenoxy) is 2. The molecule has 0 unspecified atom stereocenters. The Morgan fingerprint density at radius 1 is 1.35 bits per heavy atom. The first-order valence-corrected chi connectivity index (χ1v) is 6.53. The predicted molar refractivity (Wildman–Crippen MR) is 73.2 cm³/mol. The van der Waals surface area contributed by atoms with Gasteiger partial charge in [0.25, 0.3) is 0 Å². The van der Waals surface area contributed by atoms with Gasteiger partial charge in [0.15, 0.2) is 0 Å². The number of carbonyl (C=O) groups excluding carboxylic acids is 1. The minimum atomic E-state index is -0.195. The van der Waals surface area contributed by atoms with E-state index in [1.165, 1.54) is 0 Å². The molecular formula is C11H13Br2NO3. The summed E-state index contributed by atoms with van der Waals surface area (Å²) in [5, 5.41) is 2.75. The number of amides is 1. The fourth-order valence-electron chi connectivity index (χ4n) is 1.09. The summed E-state index contributed by atoms with van der Waals surface area (Å²) < 4.78 is 11.6. The van der Waals surface area contributed by atoms with E-state index in [4.69, 9.17) is 9.47 Å². The van der Waals surface area contributed by atoms with Crippen molar-refractivity contribution in [1.82, 2.24) is 0 Å². The summed E-state index contributed by atoms with van der Waals surface area (Å²) in [4.78, 5) is 11.5. The minimum Gasteiger partial charge on any atom is -0.382 e. The smallest absolute Gasteiger partial charge is 0.250 e. The summed E-state index contributed by atoms with van der Waals surface area (Å²) >= 11 is 6.70. The first kappa shape index (κ1) is 14.6. The summed E-state index contributed by atoms with van der Waals surface area (Å²) in [5.41, 5.74) is 0.708. The maximum Gasteiger partial charge on any atom is 0.250 e. The van der Waals surface area contributed by atoms with E-state index in [2.05, 4.69) is 37.2 Å². The normalized spacial score (nSPS) is 10.3. The lowest BCUT2D eigenvalue weighted by Crippen LogP contribution is -2.19. The molecule has 0 bridgehead atoms. The third kappa shape index (κ3) is 5.63. The third-order valence-electron chi connectivity index (χ3n) is 1.87. The van der Waals surface area contributed by atoms with E-state index < -0.39 is 0 Å². The van der Waals surface area contributed by atoms with Crippen molar-refractivity contribution in [2.45, 2.75) is 0 Å². The molecular weight excluding hydrogens is 354 g/mol. The van der Waals surface area contributed by atoms with Crippen LogP contribution in [0.2, 0.25) is 0 Å². The molecule has 1 aromatic carbocycles. The zero-order chi connectivity index (χ0) is 12.7. The average molecular weight is 367 g/mol. The van der Waals surface area contributed by atoms with Gasteiger partial charge < -0.3 is 14.8 Å². The molecule has 1 rings (SSSR count). The van der Waals surface area contributed by atoms with Crippen LogP contribution < -0.4 is 5.32 Å². The van der Waals surface area contributed by atoms with Gasteiger partial charge in [0.2, 0.25) is 5.91 Å². The molecule has 0 aromatic heterocycles. The number of hydrogen-bond acceptors (Lipinski definition) is 3. The van der Waals surface area contributed by atoms with Crippen LogP contribution in [0.15, 0.2) is 27.1 Å². The number of hydrogen-bond donors (Lipinski definition) is 1. The first-order valence-electron chi connectivity index (χ1n) is 4.95. The van der Waals surface area contributed by atoms with Gasteiger partial charge in [-0.25, -0.2) is 0 Å². The fraction of sp³-hybridized carbons (Fsp3) is 0.364. The van der Waals surface area contributed by atoms with Gasteiger partial charge in [-0.05, 0) is 34.1 Å². The van der Waals surface area contributed by atoms with Crippen LogP contribution in [-0.2, 0) is 14.3 Å². The molecule has 94 valence electrons. The Morgan fingerprint density at radius 3 is 2.82 bits per heavy atom. The van der Waals surface area contributed by atoms with Crippen molar-refractivity contribution in [1.29, 1.82) is 0 Å². The fourth-order valence-corrected chi connectivity index (χ4v) is 1.79. The summed E-state index contributed by atoms with van der Waals surface area (Å²) in [5.74, 6) is -0.195. The Labute approximate surface area is 117 Å². The second kappa shape index (κ2) is 7.81. The van der Waals surface area contributed by atoms with Gasteiger partial charge in [0.05, 0.1) is 18.9 Å². The van der Waals surface area contributed by atoms with Crippen molar-refractivity contribution in [3.8, 4) is 0 Å². The molecule has 6 heteroatoms. The number of benzene rings is 1. The zero-order valence-corrected chi connectivity index (χ0v) is 12.5. The van der Waals surface area contributed by atoms with Gasteiger partial charge in [0, 0.05) is 16.1 Å². The predicted octanol–water partition coefficient (Wildman–Crippen LogP) is 2.81. The van der Waals surface area contributed by atoms with Gasteiger partial charge >= 0.3 is 0 Å². The molecule has 0 aliphatic rings. The van der Waals surface area contributed by atoms with Crippen LogP contribution in [0, 0.1) is 0 Å². The molecule has 0 saturated heterocycles. The van der Waals surface area contributed by atoms with E-state index in [0.717, 1.165) is 8.95 Å². The van der Waals surface area contributed by atoms with Crippen molar-refractivity contribution < 1.29 is 14.3 Å². The van der Waals surface area contributed by atoms with E-state index in [1.54, 1.807) is 7.11 Å². The first-order chi connectivity index (χ1) is 8.13. The lowest BCUT2D eigenvalue weighted by atomic mass is 10.3. The highest BCUT2D eigenvalue weighted by Crippen LogP contribution is 2.25. The number of anilines is 1.